The third kappa shape index (κ3) is 2.24. The Morgan fingerprint density at radius 1 is 1.47 bits per heavy atom. The predicted molar refractivity (Wildman–Crippen MR) is 63.0 cm³/mol. The largest absolute Gasteiger partial charge is 0.304 e. The van der Waals surface area contributed by atoms with Crippen LogP contribution in [0.2, 0.25) is 0 Å². The van der Waals surface area contributed by atoms with E-state index in [9.17, 15) is 0 Å². The molecule has 1 atom stereocenters. The molecule has 0 aromatic carbocycles. The van der Waals surface area contributed by atoms with Crippen molar-refractivity contribution >= 4 is 0 Å². The maximum atomic E-state index is 3.09. The first kappa shape index (κ1) is 10.3. The smallest absolute Gasteiger partial charge is 0.0537 e. The van der Waals surface area contributed by atoms with Crippen molar-refractivity contribution in [3.63, 3.8) is 0 Å². The molecule has 0 saturated carbocycles. The van der Waals surface area contributed by atoms with Crippen molar-refractivity contribution in [3.8, 4) is 12.0 Å². The Morgan fingerprint density at radius 2 is 2.33 bits per heavy atom. The van der Waals surface area contributed by atoms with E-state index in [4.69, 9.17) is 0 Å². The summed E-state index contributed by atoms with van der Waals surface area (Å²) in [5.41, 5.74) is 1.50. The Kier molecular flexibility index (Phi) is 3.13. The van der Waals surface area contributed by atoms with E-state index in [0.717, 1.165) is 6.54 Å². The van der Waals surface area contributed by atoms with Gasteiger partial charge in [0.1, 0.15) is 0 Å². The second-order valence-corrected chi connectivity index (χ2v) is 4.21. The number of hydrogen-bond donors (Lipinski definition) is 0. The summed E-state index contributed by atoms with van der Waals surface area (Å²) in [6.45, 7) is 4.07. The average Bonchev–Trinajstić information content (AvgIpc) is 2.65. The highest BCUT2D eigenvalue weighted by Gasteiger charge is 2.25. The number of allylic oxidation sites excluding steroid dienone is 2. The van der Waals surface area contributed by atoms with E-state index < -0.39 is 0 Å². The molecule has 15 heavy (non-hydrogen) atoms. The summed E-state index contributed by atoms with van der Waals surface area (Å²) in [4.78, 5) is 4.52. The van der Waals surface area contributed by atoms with E-state index >= 15 is 0 Å². The van der Waals surface area contributed by atoms with Crippen LogP contribution in [0.4, 0.5) is 0 Å². The van der Waals surface area contributed by atoms with E-state index in [1.165, 1.54) is 25.0 Å². The Labute approximate surface area is 92.2 Å². The lowest BCUT2D eigenvalue weighted by atomic mass is 10.0. The Morgan fingerprint density at radius 3 is 3.00 bits per heavy atom. The molecule has 1 saturated heterocycles. The van der Waals surface area contributed by atoms with Gasteiger partial charge in [-0.25, -0.2) is 0 Å². The molecule has 0 amide bonds. The number of nitrogens with zero attached hydrogens (tertiary/aromatic N) is 2. The van der Waals surface area contributed by atoms with Gasteiger partial charge in [0.25, 0.3) is 0 Å². The van der Waals surface area contributed by atoms with Crippen LogP contribution in [-0.4, -0.2) is 36.0 Å². The number of rotatable bonds is 1. The minimum absolute atomic E-state index is 0.635. The van der Waals surface area contributed by atoms with E-state index in [2.05, 4.69) is 47.2 Å². The van der Waals surface area contributed by atoms with Gasteiger partial charge in [-0.2, -0.15) is 0 Å². The standard InChI is InChI=1S/C13H18N2/c1-3-8-15-10-4-6-12(11-15)13-7-5-9-14(13)2/h4,6,10,13H,5,7,9,11H2,1-2H3. The van der Waals surface area contributed by atoms with Crippen molar-refractivity contribution in [1.82, 2.24) is 9.80 Å². The normalized spacial score (nSPS) is 26.1. The zero-order valence-corrected chi connectivity index (χ0v) is 9.53. The minimum atomic E-state index is 0.635. The molecule has 0 aromatic heterocycles. The third-order valence-corrected chi connectivity index (χ3v) is 3.13. The molecule has 2 heteroatoms. The number of hydrogen-bond acceptors (Lipinski definition) is 2. The summed E-state index contributed by atoms with van der Waals surface area (Å²) >= 11 is 0. The summed E-state index contributed by atoms with van der Waals surface area (Å²) in [6, 6.07) is 3.73. The summed E-state index contributed by atoms with van der Waals surface area (Å²) < 4.78 is 0. The monoisotopic (exact) mass is 202 g/mol. The molecule has 2 heterocycles. The SMILES string of the molecule is CC#CN1C=CC=C(C2CCCN2C)C1. The van der Waals surface area contributed by atoms with Crippen molar-refractivity contribution in [3.05, 3.63) is 23.9 Å². The van der Waals surface area contributed by atoms with E-state index in [1.54, 1.807) is 0 Å². The zero-order chi connectivity index (χ0) is 10.7. The van der Waals surface area contributed by atoms with Gasteiger partial charge in [-0.05, 0) is 45.0 Å². The summed E-state index contributed by atoms with van der Waals surface area (Å²) in [5, 5.41) is 0. The third-order valence-electron chi connectivity index (χ3n) is 3.13. The lowest BCUT2D eigenvalue weighted by molar-refractivity contribution is 0.332. The summed E-state index contributed by atoms with van der Waals surface area (Å²) in [6.07, 6.45) is 9.02. The van der Waals surface area contributed by atoms with Crippen LogP contribution in [0.25, 0.3) is 0 Å². The Bertz CT molecular complexity index is 343. The maximum Gasteiger partial charge on any atom is 0.0537 e. The van der Waals surface area contributed by atoms with Crippen LogP contribution in [0.1, 0.15) is 19.8 Å². The fourth-order valence-electron chi connectivity index (χ4n) is 2.39. The average molecular weight is 202 g/mol. The molecule has 1 unspecified atom stereocenters. The first-order valence-corrected chi connectivity index (χ1v) is 5.58. The van der Waals surface area contributed by atoms with Crippen LogP contribution in [-0.2, 0) is 0 Å². The quantitative estimate of drug-likeness (QED) is 0.598. The van der Waals surface area contributed by atoms with Gasteiger partial charge < -0.3 is 4.90 Å². The van der Waals surface area contributed by atoms with Gasteiger partial charge in [0.05, 0.1) is 6.54 Å². The van der Waals surface area contributed by atoms with E-state index in [1.807, 2.05) is 6.92 Å². The van der Waals surface area contributed by atoms with Crippen LogP contribution in [0.5, 0.6) is 0 Å². The fourth-order valence-corrected chi connectivity index (χ4v) is 2.39. The molecule has 2 aliphatic rings. The van der Waals surface area contributed by atoms with Crippen molar-refractivity contribution in [2.75, 3.05) is 20.1 Å². The van der Waals surface area contributed by atoms with Gasteiger partial charge in [0, 0.05) is 18.3 Å². The topological polar surface area (TPSA) is 6.48 Å². The highest BCUT2D eigenvalue weighted by Crippen LogP contribution is 2.24. The molecular weight excluding hydrogens is 184 g/mol. The van der Waals surface area contributed by atoms with Gasteiger partial charge in [-0.15, -0.1) is 0 Å². The van der Waals surface area contributed by atoms with Crippen LogP contribution in [0.3, 0.4) is 0 Å². The summed E-state index contributed by atoms with van der Waals surface area (Å²) in [7, 11) is 2.21. The molecule has 1 fully saturated rings. The molecular formula is C13H18N2. The molecule has 2 nitrogen and oxygen atoms in total. The zero-order valence-electron chi connectivity index (χ0n) is 9.53. The second kappa shape index (κ2) is 4.55. The lowest BCUT2D eigenvalue weighted by Crippen LogP contribution is -2.32. The van der Waals surface area contributed by atoms with Crippen LogP contribution >= 0.6 is 0 Å². The minimum Gasteiger partial charge on any atom is -0.304 e. The molecule has 0 bridgehead atoms. The van der Waals surface area contributed by atoms with Crippen LogP contribution in [0, 0.1) is 12.0 Å². The molecule has 0 spiro atoms. The molecule has 0 N–H and O–H groups in total. The van der Waals surface area contributed by atoms with Gasteiger partial charge in [0.15, 0.2) is 0 Å². The Hall–Kier alpha value is -1.20. The van der Waals surface area contributed by atoms with Gasteiger partial charge in [-0.3, -0.25) is 4.90 Å². The van der Waals surface area contributed by atoms with Crippen molar-refractivity contribution in [1.29, 1.82) is 0 Å². The Balaban J connectivity index is 2.06. The first-order valence-electron chi connectivity index (χ1n) is 5.58. The van der Waals surface area contributed by atoms with E-state index in [0.29, 0.717) is 6.04 Å². The molecule has 0 aromatic rings. The highest BCUT2D eigenvalue weighted by atomic mass is 15.2. The van der Waals surface area contributed by atoms with Gasteiger partial charge >= 0.3 is 0 Å². The predicted octanol–water partition coefficient (Wildman–Crippen LogP) is 1.82. The van der Waals surface area contributed by atoms with Gasteiger partial charge in [-0.1, -0.05) is 12.0 Å². The number of likely N-dealkylation sites (N-methyl/N-ethyl adjacent to an activating group) is 1. The van der Waals surface area contributed by atoms with Crippen molar-refractivity contribution < 1.29 is 0 Å². The van der Waals surface area contributed by atoms with E-state index in [-0.39, 0.29) is 0 Å². The molecule has 2 aliphatic heterocycles. The van der Waals surface area contributed by atoms with Crippen LogP contribution in [0.15, 0.2) is 23.9 Å². The highest BCUT2D eigenvalue weighted by molar-refractivity contribution is 5.26. The second-order valence-electron chi connectivity index (χ2n) is 4.21. The van der Waals surface area contributed by atoms with Gasteiger partial charge in [0.2, 0.25) is 0 Å². The molecule has 80 valence electrons. The molecule has 2 rings (SSSR count). The lowest BCUT2D eigenvalue weighted by Gasteiger charge is -2.27. The fraction of sp³-hybridized carbons (Fsp3) is 0.538. The molecule has 0 radical (unpaired) electrons. The first-order chi connectivity index (χ1) is 7.31. The van der Waals surface area contributed by atoms with Crippen molar-refractivity contribution in [2.24, 2.45) is 0 Å². The summed E-state index contributed by atoms with van der Waals surface area (Å²) in [5.74, 6) is 2.94. The molecule has 0 aliphatic carbocycles. The maximum absolute atomic E-state index is 3.09. The van der Waals surface area contributed by atoms with Crippen LogP contribution < -0.4 is 0 Å². The number of likely N-dealkylation sites (tertiary alicyclic amines) is 1. The van der Waals surface area contributed by atoms with Crippen molar-refractivity contribution in [2.45, 2.75) is 25.8 Å².